The van der Waals surface area contributed by atoms with Crippen molar-refractivity contribution >= 4 is 57.1 Å². The van der Waals surface area contributed by atoms with Gasteiger partial charge in [-0.3, -0.25) is 4.79 Å². The van der Waals surface area contributed by atoms with Gasteiger partial charge in [0.25, 0.3) is 5.91 Å². The standard InChI is InChI=1S/C21H15ClN4OS/c1-13-6-7-15(22)11-17(13)24-21-25-20(27)19(28-21)10-14-12-26(9-8-23)18-5-3-2-4-16(14)18/h2-7,10-12H,9H2,1H3,(H,24,25,27). The first-order valence-corrected chi connectivity index (χ1v) is 9.75. The number of benzene rings is 2. The van der Waals surface area contributed by atoms with Crippen LogP contribution in [0.3, 0.4) is 0 Å². The van der Waals surface area contributed by atoms with Crippen molar-refractivity contribution in [1.82, 2.24) is 9.88 Å². The maximum Gasteiger partial charge on any atom is 0.264 e. The fourth-order valence-corrected chi connectivity index (χ4v) is 4.02. The van der Waals surface area contributed by atoms with Gasteiger partial charge in [0.15, 0.2) is 5.17 Å². The normalized spacial score (nSPS) is 16.7. The molecule has 1 fully saturated rings. The maximum atomic E-state index is 12.4. The maximum absolute atomic E-state index is 12.4. The lowest BCUT2D eigenvalue weighted by molar-refractivity contribution is -0.115. The van der Waals surface area contributed by atoms with Gasteiger partial charge in [-0.25, -0.2) is 4.99 Å². The van der Waals surface area contributed by atoms with Crippen molar-refractivity contribution in [3.63, 3.8) is 0 Å². The van der Waals surface area contributed by atoms with E-state index in [0.717, 1.165) is 27.7 Å². The Labute approximate surface area is 171 Å². The monoisotopic (exact) mass is 406 g/mol. The highest BCUT2D eigenvalue weighted by Gasteiger charge is 2.24. The van der Waals surface area contributed by atoms with Gasteiger partial charge in [-0.1, -0.05) is 35.9 Å². The van der Waals surface area contributed by atoms with Crippen molar-refractivity contribution in [1.29, 1.82) is 5.26 Å². The van der Waals surface area contributed by atoms with E-state index in [1.807, 2.05) is 60.2 Å². The number of amides is 1. The van der Waals surface area contributed by atoms with Crippen molar-refractivity contribution in [2.45, 2.75) is 13.5 Å². The summed E-state index contributed by atoms with van der Waals surface area (Å²) >= 11 is 7.34. The summed E-state index contributed by atoms with van der Waals surface area (Å²) in [4.78, 5) is 17.5. The van der Waals surface area contributed by atoms with Gasteiger partial charge >= 0.3 is 0 Å². The Morgan fingerprint density at radius 1 is 1.32 bits per heavy atom. The molecule has 1 aliphatic rings. The van der Waals surface area contributed by atoms with E-state index in [2.05, 4.69) is 16.4 Å². The number of halogens is 1. The van der Waals surface area contributed by atoms with Crippen LogP contribution in [0, 0.1) is 18.3 Å². The van der Waals surface area contributed by atoms with E-state index >= 15 is 0 Å². The van der Waals surface area contributed by atoms with Crippen LogP contribution in [0.2, 0.25) is 5.02 Å². The fourth-order valence-electron chi connectivity index (χ4n) is 3.03. The first-order valence-electron chi connectivity index (χ1n) is 8.56. The molecule has 0 saturated carbocycles. The van der Waals surface area contributed by atoms with Gasteiger partial charge in [-0.05, 0) is 48.5 Å². The van der Waals surface area contributed by atoms with Gasteiger partial charge in [-0.2, -0.15) is 5.26 Å². The van der Waals surface area contributed by atoms with Crippen molar-refractivity contribution < 1.29 is 4.79 Å². The number of rotatable bonds is 3. The van der Waals surface area contributed by atoms with Crippen LogP contribution in [0.25, 0.3) is 17.0 Å². The number of aliphatic imine (C=N–C) groups is 1. The number of hydrogen-bond donors (Lipinski definition) is 1. The summed E-state index contributed by atoms with van der Waals surface area (Å²) in [6.45, 7) is 2.20. The smallest absolute Gasteiger partial charge is 0.264 e. The van der Waals surface area contributed by atoms with Crippen molar-refractivity contribution in [3.05, 3.63) is 69.7 Å². The molecule has 4 rings (SSSR count). The Morgan fingerprint density at radius 3 is 2.96 bits per heavy atom. The lowest BCUT2D eigenvalue weighted by atomic mass is 10.1. The van der Waals surface area contributed by atoms with Crippen molar-refractivity contribution in [3.8, 4) is 6.07 Å². The van der Waals surface area contributed by atoms with Gasteiger partial charge in [0.05, 0.1) is 16.7 Å². The van der Waals surface area contributed by atoms with Gasteiger partial charge < -0.3 is 9.88 Å². The number of nitrogens with zero attached hydrogens (tertiary/aromatic N) is 3. The largest absolute Gasteiger partial charge is 0.333 e. The Hall–Kier alpha value is -3.01. The number of nitrogens with one attached hydrogen (secondary N) is 1. The summed E-state index contributed by atoms with van der Waals surface area (Å²) in [6, 6.07) is 15.5. The first kappa shape index (κ1) is 18.4. The zero-order chi connectivity index (χ0) is 19.7. The minimum absolute atomic E-state index is 0.194. The molecular weight excluding hydrogens is 392 g/mol. The Morgan fingerprint density at radius 2 is 2.14 bits per heavy atom. The van der Waals surface area contributed by atoms with Crippen LogP contribution in [0.4, 0.5) is 5.69 Å². The number of thioether (sulfide) groups is 1. The second kappa shape index (κ2) is 7.55. The zero-order valence-corrected chi connectivity index (χ0v) is 16.5. The summed E-state index contributed by atoms with van der Waals surface area (Å²) in [5.74, 6) is -0.194. The lowest BCUT2D eigenvalue weighted by Crippen LogP contribution is -2.19. The van der Waals surface area contributed by atoms with Crippen LogP contribution < -0.4 is 5.32 Å². The number of hydrogen-bond acceptors (Lipinski definition) is 4. The van der Waals surface area contributed by atoms with Crippen molar-refractivity contribution in [2.75, 3.05) is 0 Å². The van der Waals surface area contributed by atoms with E-state index in [9.17, 15) is 4.79 Å². The Bertz CT molecular complexity index is 1200. The molecule has 2 aromatic carbocycles. The SMILES string of the molecule is Cc1ccc(Cl)cc1N=C1NC(=O)C(=Cc2cn(CC#N)c3ccccc23)S1. The molecule has 0 spiro atoms. The fraction of sp³-hybridized carbons (Fsp3) is 0.0952. The summed E-state index contributed by atoms with van der Waals surface area (Å²) in [5.41, 5.74) is 3.55. The topological polar surface area (TPSA) is 70.2 Å². The molecule has 0 unspecified atom stereocenters. The van der Waals surface area contributed by atoms with Gasteiger partial charge in [-0.15, -0.1) is 0 Å². The third-order valence-electron chi connectivity index (χ3n) is 4.39. The predicted octanol–water partition coefficient (Wildman–Crippen LogP) is 5.02. The summed E-state index contributed by atoms with van der Waals surface area (Å²) < 4.78 is 1.88. The summed E-state index contributed by atoms with van der Waals surface area (Å²) in [7, 11) is 0. The van der Waals surface area contributed by atoms with Crippen molar-refractivity contribution in [2.24, 2.45) is 4.99 Å². The second-order valence-corrected chi connectivity index (χ2v) is 7.77. The molecule has 28 heavy (non-hydrogen) atoms. The minimum atomic E-state index is -0.194. The number of aryl methyl sites for hydroxylation is 1. The zero-order valence-electron chi connectivity index (χ0n) is 14.9. The van der Waals surface area contributed by atoms with E-state index in [-0.39, 0.29) is 12.5 Å². The molecule has 0 aliphatic carbocycles. The van der Waals surface area contributed by atoms with Crippen LogP contribution in [0.15, 0.2) is 58.6 Å². The number of amidine groups is 1. The highest BCUT2D eigenvalue weighted by atomic mass is 35.5. The molecule has 3 aromatic rings. The summed E-state index contributed by atoms with van der Waals surface area (Å²) in [5, 5.41) is 14.0. The Kier molecular flexibility index (Phi) is 4.95. The highest BCUT2D eigenvalue weighted by Crippen LogP contribution is 2.32. The molecule has 138 valence electrons. The molecule has 0 radical (unpaired) electrons. The molecule has 2 heterocycles. The van der Waals surface area contributed by atoms with Crippen LogP contribution in [-0.4, -0.2) is 15.6 Å². The Balaban J connectivity index is 1.69. The van der Waals surface area contributed by atoms with Crippen LogP contribution in [-0.2, 0) is 11.3 Å². The quantitative estimate of drug-likeness (QED) is 0.621. The lowest BCUT2D eigenvalue weighted by Gasteiger charge is -2.01. The van der Waals surface area contributed by atoms with Gasteiger partial charge in [0.1, 0.15) is 6.54 Å². The van der Waals surface area contributed by atoms with E-state index < -0.39 is 0 Å². The van der Waals surface area contributed by atoms with Crippen LogP contribution >= 0.6 is 23.4 Å². The molecule has 1 amide bonds. The number of carbonyl (C=O) groups is 1. The molecular formula is C21H15ClN4OS. The first-order chi connectivity index (χ1) is 13.5. The third-order valence-corrected chi connectivity index (χ3v) is 5.54. The number of nitriles is 1. The number of carbonyl (C=O) groups excluding carboxylic acids is 1. The van der Waals surface area contributed by atoms with Crippen LogP contribution in [0.5, 0.6) is 0 Å². The number of para-hydroxylation sites is 1. The molecule has 1 saturated heterocycles. The molecule has 1 N–H and O–H groups in total. The average Bonchev–Trinajstić information content (AvgIpc) is 3.20. The number of fused-ring (bicyclic) bond motifs is 1. The molecule has 0 bridgehead atoms. The van der Waals surface area contributed by atoms with E-state index in [1.54, 1.807) is 6.07 Å². The molecule has 0 atom stereocenters. The van der Waals surface area contributed by atoms with E-state index in [0.29, 0.717) is 15.1 Å². The van der Waals surface area contributed by atoms with E-state index in [4.69, 9.17) is 16.9 Å². The van der Waals surface area contributed by atoms with E-state index in [1.165, 1.54) is 11.8 Å². The molecule has 1 aromatic heterocycles. The minimum Gasteiger partial charge on any atom is -0.333 e. The second-order valence-electron chi connectivity index (χ2n) is 6.30. The molecule has 1 aliphatic heterocycles. The van der Waals surface area contributed by atoms with Crippen LogP contribution in [0.1, 0.15) is 11.1 Å². The summed E-state index contributed by atoms with van der Waals surface area (Å²) in [6.07, 6.45) is 3.73. The number of aromatic nitrogens is 1. The van der Waals surface area contributed by atoms with Gasteiger partial charge in [0, 0.05) is 27.7 Å². The average molecular weight is 407 g/mol. The van der Waals surface area contributed by atoms with Gasteiger partial charge in [0.2, 0.25) is 0 Å². The molecule has 5 nitrogen and oxygen atoms in total. The predicted molar refractivity (Wildman–Crippen MR) is 115 cm³/mol. The highest BCUT2D eigenvalue weighted by molar-refractivity contribution is 8.18. The molecule has 7 heteroatoms. The third kappa shape index (κ3) is 3.55.